The van der Waals surface area contributed by atoms with Gasteiger partial charge in [-0.3, -0.25) is 0 Å². The molecule has 0 radical (unpaired) electrons. The molecule has 2 rings (SSSR count). The lowest BCUT2D eigenvalue weighted by Crippen LogP contribution is -2.30. The Hall–Kier alpha value is -1.55. The van der Waals surface area contributed by atoms with E-state index in [0.717, 1.165) is 17.8 Å². The third-order valence-electron chi connectivity index (χ3n) is 2.98. The number of ether oxygens (including phenoxy) is 1. The predicted molar refractivity (Wildman–Crippen MR) is 71.5 cm³/mol. The first-order valence-corrected chi connectivity index (χ1v) is 6.50. The average molecular weight is 248 g/mol. The van der Waals surface area contributed by atoms with Gasteiger partial charge in [0.1, 0.15) is 0 Å². The number of carbonyl (C=O) groups is 1. The molecule has 0 saturated heterocycles. The van der Waals surface area contributed by atoms with Gasteiger partial charge in [-0.15, -0.1) is 0 Å². The first kappa shape index (κ1) is 12.9. The third-order valence-corrected chi connectivity index (χ3v) is 2.98. The van der Waals surface area contributed by atoms with E-state index in [1.807, 2.05) is 31.2 Å². The van der Waals surface area contributed by atoms with E-state index in [-0.39, 0.29) is 6.03 Å². The highest BCUT2D eigenvalue weighted by Gasteiger charge is 2.21. The van der Waals surface area contributed by atoms with Crippen molar-refractivity contribution in [3.8, 4) is 0 Å². The number of amides is 2. The minimum Gasteiger partial charge on any atom is -0.377 e. The van der Waals surface area contributed by atoms with Crippen LogP contribution >= 0.6 is 0 Å². The van der Waals surface area contributed by atoms with Crippen molar-refractivity contribution in [1.82, 2.24) is 5.32 Å². The van der Waals surface area contributed by atoms with Crippen molar-refractivity contribution < 1.29 is 9.53 Å². The largest absolute Gasteiger partial charge is 0.377 e. The first-order valence-electron chi connectivity index (χ1n) is 6.50. The molecule has 4 nitrogen and oxygen atoms in total. The van der Waals surface area contributed by atoms with Gasteiger partial charge < -0.3 is 15.4 Å². The summed E-state index contributed by atoms with van der Waals surface area (Å²) >= 11 is 0. The van der Waals surface area contributed by atoms with Crippen molar-refractivity contribution in [2.24, 2.45) is 5.92 Å². The Morgan fingerprint density at radius 1 is 1.39 bits per heavy atom. The third kappa shape index (κ3) is 4.04. The summed E-state index contributed by atoms with van der Waals surface area (Å²) < 4.78 is 5.38. The summed E-state index contributed by atoms with van der Waals surface area (Å²) in [4.78, 5) is 11.7. The lowest BCUT2D eigenvalue weighted by atomic mass is 10.2. The summed E-state index contributed by atoms with van der Waals surface area (Å²) in [6, 6.07) is 7.58. The monoisotopic (exact) mass is 248 g/mol. The Morgan fingerprint density at radius 2 is 2.17 bits per heavy atom. The number of rotatable bonds is 6. The summed E-state index contributed by atoms with van der Waals surface area (Å²) in [6.07, 6.45) is 2.47. The van der Waals surface area contributed by atoms with Crippen LogP contribution in [0.4, 0.5) is 10.5 Å². The zero-order valence-electron chi connectivity index (χ0n) is 10.7. The molecule has 1 aromatic carbocycles. The van der Waals surface area contributed by atoms with E-state index in [1.165, 1.54) is 12.8 Å². The van der Waals surface area contributed by atoms with Crippen molar-refractivity contribution in [3.63, 3.8) is 0 Å². The minimum absolute atomic E-state index is 0.133. The summed E-state index contributed by atoms with van der Waals surface area (Å²) in [5, 5.41) is 5.76. The number of hydrogen-bond acceptors (Lipinski definition) is 2. The molecule has 1 saturated carbocycles. The number of urea groups is 1. The normalized spacial score (nSPS) is 14.3. The van der Waals surface area contributed by atoms with Gasteiger partial charge in [-0.2, -0.15) is 0 Å². The topological polar surface area (TPSA) is 50.4 Å². The van der Waals surface area contributed by atoms with E-state index < -0.39 is 0 Å². The highest BCUT2D eigenvalue weighted by Crippen LogP contribution is 2.27. The smallest absolute Gasteiger partial charge is 0.319 e. The molecule has 0 spiro atoms. The van der Waals surface area contributed by atoms with Gasteiger partial charge in [0.15, 0.2) is 0 Å². The van der Waals surface area contributed by atoms with Crippen LogP contribution in [0.5, 0.6) is 0 Å². The predicted octanol–water partition coefficient (Wildman–Crippen LogP) is 2.75. The molecule has 2 N–H and O–H groups in total. The molecular weight excluding hydrogens is 228 g/mol. The molecule has 0 atom stereocenters. The van der Waals surface area contributed by atoms with E-state index in [0.29, 0.717) is 19.1 Å². The van der Waals surface area contributed by atoms with E-state index in [2.05, 4.69) is 10.6 Å². The number of para-hydroxylation sites is 1. The Balaban J connectivity index is 1.87. The molecule has 1 fully saturated rings. The molecule has 1 aliphatic rings. The SMILES string of the molecule is CCOCc1ccccc1NC(=O)NCC1CC1. The van der Waals surface area contributed by atoms with Gasteiger partial charge in [0.25, 0.3) is 0 Å². The second-order valence-electron chi connectivity index (χ2n) is 4.57. The van der Waals surface area contributed by atoms with Gasteiger partial charge in [-0.25, -0.2) is 4.79 Å². The Morgan fingerprint density at radius 3 is 2.89 bits per heavy atom. The average Bonchev–Trinajstić information content (AvgIpc) is 3.19. The number of anilines is 1. The summed E-state index contributed by atoms with van der Waals surface area (Å²) in [5.74, 6) is 0.689. The molecule has 2 amide bonds. The van der Waals surface area contributed by atoms with Crippen LogP contribution < -0.4 is 10.6 Å². The Kier molecular flexibility index (Phi) is 4.59. The zero-order valence-corrected chi connectivity index (χ0v) is 10.7. The van der Waals surface area contributed by atoms with E-state index in [4.69, 9.17) is 4.74 Å². The number of benzene rings is 1. The molecule has 4 heteroatoms. The second kappa shape index (κ2) is 6.40. The van der Waals surface area contributed by atoms with Crippen LogP contribution in [-0.2, 0) is 11.3 Å². The number of carbonyl (C=O) groups excluding carboxylic acids is 1. The summed E-state index contributed by atoms with van der Waals surface area (Å²) in [5.41, 5.74) is 1.82. The second-order valence-corrected chi connectivity index (χ2v) is 4.57. The van der Waals surface area contributed by atoms with Gasteiger partial charge in [0.2, 0.25) is 0 Å². The fraction of sp³-hybridized carbons (Fsp3) is 0.500. The molecule has 0 aliphatic heterocycles. The maximum Gasteiger partial charge on any atom is 0.319 e. The quantitative estimate of drug-likeness (QED) is 0.813. The minimum atomic E-state index is -0.133. The molecule has 0 heterocycles. The number of hydrogen-bond donors (Lipinski definition) is 2. The van der Waals surface area contributed by atoms with Crippen LogP contribution in [0.2, 0.25) is 0 Å². The lowest BCUT2D eigenvalue weighted by Gasteiger charge is -2.11. The van der Waals surface area contributed by atoms with Crippen molar-refractivity contribution in [2.45, 2.75) is 26.4 Å². The Bertz CT molecular complexity index is 403. The maximum atomic E-state index is 11.7. The zero-order chi connectivity index (χ0) is 12.8. The molecule has 0 aromatic heterocycles. The van der Waals surface area contributed by atoms with Crippen molar-refractivity contribution in [1.29, 1.82) is 0 Å². The van der Waals surface area contributed by atoms with Crippen LogP contribution in [0.15, 0.2) is 24.3 Å². The van der Waals surface area contributed by atoms with Crippen LogP contribution in [0, 0.1) is 5.92 Å². The van der Waals surface area contributed by atoms with Gasteiger partial charge in [0.05, 0.1) is 6.61 Å². The number of nitrogens with one attached hydrogen (secondary N) is 2. The lowest BCUT2D eigenvalue weighted by molar-refractivity contribution is 0.134. The van der Waals surface area contributed by atoms with Crippen molar-refractivity contribution in [2.75, 3.05) is 18.5 Å². The molecule has 98 valence electrons. The van der Waals surface area contributed by atoms with E-state index in [1.54, 1.807) is 0 Å². The molecule has 1 aliphatic carbocycles. The summed E-state index contributed by atoms with van der Waals surface area (Å²) in [6.45, 7) is 3.93. The standard InChI is InChI=1S/C14H20N2O2/c1-2-18-10-12-5-3-4-6-13(12)16-14(17)15-9-11-7-8-11/h3-6,11H,2,7-10H2,1H3,(H2,15,16,17). The van der Waals surface area contributed by atoms with Crippen molar-refractivity contribution in [3.05, 3.63) is 29.8 Å². The first-order chi connectivity index (χ1) is 8.79. The van der Waals surface area contributed by atoms with Gasteiger partial charge in [-0.05, 0) is 31.7 Å². The van der Waals surface area contributed by atoms with Crippen LogP contribution in [0.3, 0.4) is 0 Å². The van der Waals surface area contributed by atoms with Crippen LogP contribution in [0.25, 0.3) is 0 Å². The summed E-state index contributed by atoms with van der Waals surface area (Å²) in [7, 11) is 0. The molecule has 0 unspecified atom stereocenters. The van der Waals surface area contributed by atoms with Gasteiger partial charge >= 0.3 is 6.03 Å². The molecule has 1 aromatic rings. The maximum absolute atomic E-state index is 11.7. The van der Waals surface area contributed by atoms with E-state index in [9.17, 15) is 4.79 Å². The van der Waals surface area contributed by atoms with Crippen LogP contribution in [0.1, 0.15) is 25.3 Å². The van der Waals surface area contributed by atoms with Crippen molar-refractivity contribution >= 4 is 11.7 Å². The fourth-order valence-electron chi connectivity index (χ4n) is 1.71. The highest BCUT2D eigenvalue weighted by atomic mass is 16.5. The van der Waals surface area contributed by atoms with Gasteiger partial charge in [0, 0.05) is 24.4 Å². The Labute approximate surface area is 108 Å². The molecular formula is C14H20N2O2. The highest BCUT2D eigenvalue weighted by molar-refractivity contribution is 5.90. The molecule has 18 heavy (non-hydrogen) atoms. The fourth-order valence-corrected chi connectivity index (χ4v) is 1.71. The van der Waals surface area contributed by atoms with Crippen LogP contribution in [-0.4, -0.2) is 19.2 Å². The van der Waals surface area contributed by atoms with E-state index >= 15 is 0 Å². The molecule has 0 bridgehead atoms. The van der Waals surface area contributed by atoms with Gasteiger partial charge in [-0.1, -0.05) is 18.2 Å².